The number of carbonyl (C=O) groups excluding carboxylic acids is 2. The van der Waals surface area contributed by atoms with Crippen molar-refractivity contribution in [3.8, 4) is 6.07 Å². The first kappa shape index (κ1) is 19.8. The first-order valence-corrected chi connectivity index (χ1v) is 9.17. The lowest BCUT2D eigenvalue weighted by molar-refractivity contribution is -0.127. The molecule has 0 aromatic heterocycles. The predicted molar refractivity (Wildman–Crippen MR) is 102 cm³/mol. The van der Waals surface area contributed by atoms with E-state index in [0.29, 0.717) is 10.6 Å². The van der Waals surface area contributed by atoms with Crippen molar-refractivity contribution in [2.75, 3.05) is 0 Å². The Bertz CT molecular complexity index is 827. The van der Waals surface area contributed by atoms with Gasteiger partial charge in [0.25, 0.3) is 11.8 Å². The molecule has 0 aliphatic rings. The summed E-state index contributed by atoms with van der Waals surface area (Å²) in [5.41, 5.74) is 4.85. The largest absolute Gasteiger partial charge is 0.271 e. The van der Waals surface area contributed by atoms with Gasteiger partial charge in [0, 0.05) is 21.2 Å². The number of hydrogen-bond donors (Lipinski definition) is 2. The van der Waals surface area contributed by atoms with Gasteiger partial charge >= 0.3 is 0 Å². The molecule has 0 atom stereocenters. The number of thioether (sulfide) groups is 1. The smallest absolute Gasteiger partial charge is 0.269 e. The lowest BCUT2D eigenvalue weighted by Gasteiger charge is -2.15. The van der Waals surface area contributed by atoms with E-state index in [1.807, 2.05) is 42.5 Å². The van der Waals surface area contributed by atoms with Crippen LogP contribution in [-0.2, 0) is 10.5 Å². The van der Waals surface area contributed by atoms with Crippen LogP contribution < -0.4 is 10.9 Å². The fraction of sp³-hybridized carbons (Fsp3) is 0.211. The van der Waals surface area contributed by atoms with E-state index in [4.69, 9.17) is 16.9 Å². The Morgan fingerprint density at radius 1 is 1.08 bits per heavy atom. The summed E-state index contributed by atoms with van der Waals surface area (Å²) < 4.78 is 0. The van der Waals surface area contributed by atoms with Gasteiger partial charge in [-0.1, -0.05) is 23.7 Å². The van der Waals surface area contributed by atoms with Crippen LogP contribution in [0.4, 0.5) is 0 Å². The second-order valence-corrected chi connectivity index (χ2v) is 7.57. The van der Waals surface area contributed by atoms with Gasteiger partial charge in [0.15, 0.2) is 0 Å². The van der Waals surface area contributed by atoms with E-state index in [-0.39, 0.29) is 0 Å². The zero-order chi connectivity index (χ0) is 19.2. The minimum Gasteiger partial charge on any atom is -0.271 e. The van der Waals surface area contributed by atoms with Crippen LogP contribution in [0.5, 0.6) is 0 Å². The maximum absolute atomic E-state index is 12.1. The second kappa shape index (κ2) is 8.75. The highest BCUT2D eigenvalue weighted by molar-refractivity contribution is 7.98. The molecular formula is C19H18ClN3O2S. The molecule has 2 amide bonds. The van der Waals surface area contributed by atoms with Crippen molar-refractivity contribution in [3.05, 3.63) is 64.7 Å². The van der Waals surface area contributed by atoms with Gasteiger partial charge in [-0.2, -0.15) is 5.26 Å². The quantitative estimate of drug-likeness (QED) is 0.601. The summed E-state index contributed by atoms with van der Waals surface area (Å²) in [4.78, 5) is 24.9. The van der Waals surface area contributed by atoms with Gasteiger partial charge in [0.1, 0.15) is 5.41 Å². The fourth-order valence-corrected chi connectivity index (χ4v) is 2.82. The van der Waals surface area contributed by atoms with E-state index in [1.165, 1.54) is 13.8 Å². The Morgan fingerprint density at radius 2 is 1.69 bits per heavy atom. The van der Waals surface area contributed by atoms with Crippen molar-refractivity contribution < 1.29 is 9.59 Å². The Balaban J connectivity index is 1.88. The van der Waals surface area contributed by atoms with E-state index in [0.717, 1.165) is 16.2 Å². The molecule has 26 heavy (non-hydrogen) atoms. The van der Waals surface area contributed by atoms with E-state index >= 15 is 0 Å². The summed E-state index contributed by atoms with van der Waals surface area (Å²) in [6, 6.07) is 16.6. The molecule has 0 fully saturated rings. The van der Waals surface area contributed by atoms with E-state index in [2.05, 4.69) is 10.9 Å². The number of nitrogens with zero attached hydrogens (tertiary/aromatic N) is 1. The Morgan fingerprint density at radius 3 is 2.27 bits per heavy atom. The number of nitrogens with one attached hydrogen (secondary N) is 2. The maximum atomic E-state index is 12.1. The Hall–Kier alpha value is -2.49. The molecule has 134 valence electrons. The van der Waals surface area contributed by atoms with Crippen LogP contribution >= 0.6 is 23.4 Å². The topological polar surface area (TPSA) is 82.0 Å². The Labute approximate surface area is 161 Å². The Kier molecular flexibility index (Phi) is 6.67. The molecule has 5 nitrogen and oxygen atoms in total. The first-order valence-electron chi connectivity index (χ1n) is 7.81. The molecule has 2 aromatic carbocycles. The van der Waals surface area contributed by atoms with Crippen molar-refractivity contribution in [3.63, 3.8) is 0 Å². The third-order valence-corrected chi connectivity index (χ3v) is 4.91. The highest BCUT2D eigenvalue weighted by Crippen LogP contribution is 2.24. The molecule has 7 heteroatoms. The molecule has 0 bridgehead atoms. The molecule has 0 unspecified atom stereocenters. The fourth-order valence-electron chi connectivity index (χ4n) is 1.84. The van der Waals surface area contributed by atoms with Gasteiger partial charge in [0.05, 0.1) is 6.07 Å². The number of nitriles is 1. The molecule has 0 saturated carbocycles. The van der Waals surface area contributed by atoms with Crippen LogP contribution in [-0.4, -0.2) is 11.8 Å². The maximum Gasteiger partial charge on any atom is 0.269 e. The van der Waals surface area contributed by atoms with Crippen LogP contribution in [0.15, 0.2) is 53.4 Å². The average Bonchev–Trinajstić information content (AvgIpc) is 2.65. The molecule has 0 spiro atoms. The number of amides is 2. The van der Waals surface area contributed by atoms with Crippen LogP contribution in [0.25, 0.3) is 0 Å². The number of hydrogen-bond acceptors (Lipinski definition) is 4. The SMILES string of the molecule is CC(C)(C#N)C(=O)NNC(=O)c1ccc(CSc2ccc(Cl)cc2)cc1. The highest BCUT2D eigenvalue weighted by Gasteiger charge is 2.27. The first-order chi connectivity index (χ1) is 12.3. The lowest BCUT2D eigenvalue weighted by atomic mass is 9.95. The summed E-state index contributed by atoms with van der Waals surface area (Å²) in [6.45, 7) is 2.95. The average molecular weight is 388 g/mol. The second-order valence-electron chi connectivity index (χ2n) is 6.08. The molecule has 0 saturated heterocycles. The van der Waals surface area contributed by atoms with Gasteiger partial charge in [-0.25, -0.2) is 0 Å². The number of benzene rings is 2. The normalized spacial score (nSPS) is 10.7. The van der Waals surface area contributed by atoms with Crippen LogP contribution in [0, 0.1) is 16.7 Å². The van der Waals surface area contributed by atoms with Gasteiger partial charge < -0.3 is 0 Å². The zero-order valence-electron chi connectivity index (χ0n) is 14.4. The van der Waals surface area contributed by atoms with Crippen molar-refractivity contribution in [1.82, 2.24) is 10.9 Å². The molecule has 0 aliphatic carbocycles. The number of carbonyl (C=O) groups is 2. The summed E-state index contributed by atoms with van der Waals surface area (Å²) in [5, 5.41) is 9.60. The summed E-state index contributed by atoms with van der Waals surface area (Å²) >= 11 is 7.53. The van der Waals surface area contributed by atoms with Crippen molar-refractivity contribution in [2.45, 2.75) is 24.5 Å². The lowest BCUT2D eigenvalue weighted by Crippen LogP contribution is -2.47. The van der Waals surface area contributed by atoms with Gasteiger partial charge in [-0.3, -0.25) is 20.4 Å². The van der Waals surface area contributed by atoms with Crippen molar-refractivity contribution >= 4 is 35.2 Å². The summed E-state index contributed by atoms with van der Waals surface area (Å²) in [6.07, 6.45) is 0. The number of hydrazine groups is 1. The standard InChI is InChI=1S/C19H18ClN3O2S/c1-19(2,12-21)18(25)23-22-17(24)14-5-3-13(4-6-14)11-26-16-9-7-15(20)8-10-16/h3-10H,11H2,1-2H3,(H,22,24)(H,23,25). The summed E-state index contributed by atoms with van der Waals surface area (Å²) in [7, 11) is 0. The number of halogens is 1. The third-order valence-electron chi connectivity index (χ3n) is 3.57. The van der Waals surface area contributed by atoms with Gasteiger partial charge in [0.2, 0.25) is 0 Å². The van der Waals surface area contributed by atoms with Gasteiger partial charge in [-0.15, -0.1) is 11.8 Å². The summed E-state index contributed by atoms with van der Waals surface area (Å²) in [5.74, 6) is -0.246. The van der Waals surface area contributed by atoms with Crippen molar-refractivity contribution in [1.29, 1.82) is 5.26 Å². The van der Waals surface area contributed by atoms with E-state index in [1.54, 1.807) is 23.9 Å². The molecule has 2 rings (SSSR count). The van der Waals surface area contributed by atoms with Gasteiger partial charge in [-0.05, 0) is 55.8 Å². The molecular weight excluding hydrogens is 370 g/mol. The monoisotopic (exact) mass is 387 g/mol. The molecule has 0 heterocycles. The minimum atomic E-state index is -1.21. The molecule has 2 aromatic rings. The zero-order valence-corrected chi connectivity index (χ0v) is 15.9. The van der Waals surface area contributed by atoms with Crippen molar-refractivity contribution in [2.24, 2.45) is 5.41 Å². The molecule has 0 aliphatic heterocycles. The number of rotatable bonds is 5. The molecule has 2 N–H and O–H groups in total. The van der Waals surface area contributed by atoms with E-state index in [9.17, 15) is 9.59 Å². The van der Waals surface area contributed by atoms with Crippen LogP contribution in [0.1, 0.15) is 29.8 Å². The predicted octanol–water partition coefficient (Wildman–Crippen LogP) is 3.94. The minimum absolute atomic E-state index is 0.417. The van der Waals surface area contributed by atoms with E-state index < -0.39 is 17.2 Å². The van der Waals surface area contributed by atoms with Crippen LogP contribution in [0.2, 0.25) is 5.02 Å². The van der Waals surface area contributed by atoms with Crippen LogP contribution in [0.3, 0.4) is 0 Å². The third kappa shape index (κ3) is 5.51. The highest BCUT2D eigenvalue weighted by atomic mass is 35.5. The molecule has 0 radical (unpaired) electrons.